The van der Waals surface area contributed by atoms with Crippen LogP contribution in [-0.4, -0.2) is 42.0 Å². The van der Waals surface area contributed by atoms with Crippen molar-refractivity contribution in [1.29, 1.82) is 5.26 Å². The molecule has 1 spiro atoms. The summed E-state index contributed by atoms with van der Waals surface area (Å²) in [6, 6.07) is 5.73. The molecule has 0 unspecified atom stereocenters. The summed E-state index contributed by atoms with van der Waals surface area (Å²) in [5.74, 6) is 0. The molecule has 0 aromatic carbocycles. The summed E-state index contributed by atoms with van der Waals surface area (Å²) in [6.07, 6.45) is 4.39. The SMILES string of the molecule is CCO[C@@H]1C[C@@H](O)C12CCN(c1ccc(C#N)nc1)CC2. The molecule has 0 radical (unpaired) electrons. The van der Waals surface area contributed by atoms with Crippen molar-refractivity contribution in [1.82, 2.24) is 4.98 Å². The third-order valence-electron chi connectivity index (χ3n) is 5.03. The topological polar surface area (TPSA) is 69.4 Å². The fourth-order valence-corrected chi connectivity index (χ4v) is 3.64. The Morgan fingerprint density at radius 3 is 2.76 bits per heavy atom. The van der Waals surface area contributed by atoms with Crippen LogP contribution in [-0.2, 0) is 4.74 Å². The molecule has 5 heteroatoms. The molecule has 2 aliphatic rings. The van der Waals surface area contributed by atoms with Crippen LogP contribution in [0.25, 0.3) is 0 Å². The smallest absolute Gasteiger partial charge is 0.140 e. The van der Waals surface area contributed by atoms with Crippen molar-refractivity contribution in [2.24, 2.45) is 5.41 Å². The van der Waals surface area contributed by atoms with Gasteiger partial charge in [-0.05, 0) is 31.9 Å². The molecule has 21 heavy (non-hydrogen) atoms. The number of aromatic nitrogens is 1. The van der Waals surface area contributed by atoms with Gasteiger partial charge in [-0.3, -0.25) is 0 Å². The molecular weight excluding hydrogens is 266 g/mol. The van der Waals surface area contributed by atoms with Crippen LogP contribution in [0.4, 0.5) is 5.69 Å². The maximum atomic E-state index is 10.2. The molecule has 3 rings (SSSR count). The molecule has 2 atom stereocenters. The van der Waals surface area contributed by atoms with Gasteiger partial charge in [0.05, 0.1) is 24.1 Å². The van der Waals surface area contributed by atoms with E-state index in [-0.39, 0.29) is 17.6 Å². The van der Waals surface area contributed by atoms with E-state index < -0.39 is 0 Å². The third kappa shape index (κ3) is 2.39. The average molecular weight is 287 g/mol. The lowest BCUT2D eigenvalue weighted by Gasteiger charge is -2.56. The van der Waals surface area contributed by atoms with Crippen LogP contribution in [0.15, 0.2) is 18.3 Å². The molecule has 1 aliphatic carbocycles. The Morgan fingerprint density at radius 1 is 1.48 bits per heavy atom. The van der Waals surface area contributed by atoms with Crippen molar-refractivity contribution in [3.63, 3.8) is 0 Å². The molecule has 2 fully saturated rings. The minimum atomic E-state index is -0.227. The highest BCUT2D eigenvalue weighted by Crippen LogP contribution is 2.51. The number of nitrogens with zero attached hydrogens (tertiary/aromatic N) is 3. The zero-order chi connectivity index (χ0) is 14.9. The summed E-state index contributed by atoms with van der Waals surface area (Å²) in [4.78, 5) is 6.40. The number of piperidine rings is 1. The van der Waals surface area contributed by atoms with Crippen LogP contribution in [0.3, 0.4) is 0 Å². The lowest BCUT2D eigenvalue weighted by atomic mass is 9.58. The van der Waals surface area contributed by atoms with Gasteiger partial charge >= 0.3 is 0 Å². The summed E-state index contributed by atoms with van der Waals surface area (Å²) in [7, 11) is 0. The highest BCUT2D eigenvalue weighted by molar-refractivity contribution is 5.46. The fourth-order valence-electron chi connectivity index (χ4n) is 3.64. The maximum absolute atomic E-state index is 10.2. The number of rotatable bonds is 3. The Morgan fingerprint density at radius 2 is 2.24 bits per heavy atom. The lowest BCUT2D eigenvalue weighted by Crippen LogP contribution is -2.62. The van der Waals surface area contributed by atoms with E-state index in [2.05, 4.69) is 9.88 Å². The van der Waals surface area contributed by atoms with Crippen LogP contribution >= 0.6 is 0 Å². The van der Waals surface area contributed by atoms with E-state index in [1.165, 1.54) is 0 Å². The highest BCUT2D eigenvalue weighted by atomic mass is 16.5. The first-order valence-corrected chi connectivity index (χ1v) is 7.60. The predicted octanol–water partition coefficient (Wildman–Crippen LogP) is 1.71. The minimum absolute atomic E-state index is 0.0491. The number of ether oxygens (including phenoxy) is 1. The van der Waals surface area contributed by atoms with Crippen molar-refractivity contribution >= 4 is 5.69 Å². The first-order valence-electron chi connectivity index (χ1n) is 7.60. The standard InChI is InChI=1S/C16H21N3O2/c1-2-21-15-9-14(20)16(15)5-7-19(8-6-16)13-4-3-12(10-17)18-11-13/h3-4,11,14-15,20H,2,5-9H2,1H3/t14-,15-/m1/s1. The summed E-state index contributed by atoms with van der Waals surface area (Å²) in [6.45, 7) is 4.51. The molecule has 1 N–H and O–H groups in total. The van der Waals surface area contributed by atoms with E-state index in [0.29, 0.717) is 12.3 Å². The number of hydrogen-bond acceptors (Lipinski definition) is 5. The van der Waals surface area contributed by atoms with Gasteiger partial charge < -0.3 is 14.7 Å². The van der Waals surface area contributed by atoms with Gasteiger partial charge in [0.1, 0.15) is 11.8 Å². The first-order chi connectivity index (χ1) is 10.2. The molecule has 1 saturated carbocycles. The first kappa shape index (κ1) is 14.3. The van der Waals surface area contributed by atoms with E-state index in [9.17, 15) is 5.11 Å². The van der Waals surface area contributed by atoms with Crippen LogP contribution in [0.2, 0.25) is 0 Å². The second-order valence-electron chi connectivity index (χ2n) is 5.93. The van der Waals surface area contributed by atoms with Gasteiger partial charge in [0, 0.05) is 31.5 Å². The van der Waals surface area contributed by atoms with Crippen LogP contribution < -0.4 is 4.90 Å². The molecule has 0 bridgehead atoms. The summed E-state index contributed by atoms with van der Waals surface area (Å²) >= 11 is 0. The monoisotopic (exact) mass is 287 g/mol. The van der Waals surface area contributed by atoms with Gasteiger partial charge in [0.25, 0.3) is 0 Å². The summed E-state index contributed by atoms with van der Waals surface area (Å²) in [5.41, 5.74) is 1.44. The zero-order valence-electron chi connectivity index (χ0n) is 12.3. The Balaban J connectivity index is 1.65. The minimum Gasteiger partial charge on any atom is -0.392 e. The zero-order valence-corrected chi connectivity index (χ0v) is 12.3. The largest absolute Gasteiger partial charge is 0.392 e. The van der Waals surface area contributed by atoms with Crippen LogP contribution in [0.5, 0.6) is 0 Å². The highest BCUT2D eigenvalue weighted by Gasteiger charge is 2.56. The van der Waals surface area contributed by atoms with E-state index in [0.717, 1.165) is 38.0 Å². The van der Waals surface area contributed by atoms with Crippen LogP contribution in [0.1, 0.15) is 31.9 Å². The second-order valence-corrected chi connectivity index (χ2v) is 5.93. The molecule has 5 nitrogen and oxygen atoms in total. The Bertz CT molecular complexity index is 527. The normalized spacial score (nSPS) is 27.2. The molecule has 1 aromatic heterocycles. The van der Waals surface area contributed by atoms with Gasteiger partial charge in [-0.2, -0.15) is 5.26 Å². The lowest BCUT2D eigenvalue weighted by molar-refractivity contribution is -0.199. The van der Waals surface area contributed by atoms with Crippen LogP contribution in [0, 0.1) is 16.7 Å². The summed E-state index contributed by atoms with van der Waals surface area (Å²) in [5, 5.41) is 19.0. The molecule has 112 valence electrons. The van der Waals surface area contributed by atoms with E-state index in [1.807, 2.05) is 19.1 Å². The molecular formula is C16H21N3O2. The molecule has 1 saturated heterocycles. The number of hydrogen-bond donors (Lipinski definition) is 1. The quantitative estimate of drug-likeness (QED) is 0.916. The number of aliphatic hydroxyl groups excluding tert-OH is 1. The number of aliphatic hydroxyl groups is 1. The third-order valence-corrected chi connectivity index (χ3v) is 5.03. The Labute approximate surface area is 125 Å². The van der Waals surface area contributed by atoms with E-state index in [4.69, 9.17) is 10.00 Å². The molecule has 1 aliphatic heterocycles. The number of nitriles is 1. The van der Waals surface area contributed by atoms with Crippen molar-refractivity contribution in [2.45, 2.75) is 38.4 Å². The van der Waals surface area contributed by atoms with Gasteiger partial charge in [0.2, 0.25) is 0 Å². The maximum Gasteiger partial charge on any atom is 0.140 e. The van der Waals surface area contributed by atoms with Gasteiger partial charge in [-0.15, -0.1) is 0 Å². The van der Waals surface area contributed by atoms with E-state index in [1.54, 1.807) is 12.3 Å². The average Bonchev–Trinajstić information content (AvgIpc) is 2.55. The van der Waals surface area contributed by atoms with Crippen molar-refractivity contribution in [2.75, 3.05) is 24.6 Å². The molecule has 0 amide bonds. The predicted molar refractivity (Wildman–Crippen MR) is 78.9 cm³/mol. The van der Waals surface area contributed by atoms with Crippen molar-refractivity contribution < 1.29 is 9.84 Å². The van der Waals surface area contributed by atoms with E-state index >= 15 is 0 Å². The van der Waals surface area contributed by atoms with Gasteiger partial charge in [-0.1, -0.05) is 0 Å². The Hall–Kier alpha value is -1.64. The van der Waals surface area contributed by atoms with Crippen molar-refractivity contribution in [3.8, 4) is 6.07 Å². The molecule has 1 aromatic rings. The number of pyridine rings is 1. The van der Waals surface area contributed by atoms with Gasteiger partial charge in [-0.25, -0.2) is 4.98 Å². The summed E-state index contributed by atoms with van der Waals surface area (Å²) < 4.78 is 5.79. The van der Waals surface area contributed by atoms with Gasteiger partial charge in [0.15, 0.2) is 0 Å². The Kier molecular flexibility index (Phi) is 3.83. The van der Waals surface area contributed by atoms with Crippen molar-refractivity contribution in [3.05, 3.63) is 24.0 Å². The fraction of sp³-hybridized carbons (Fsp3) is 0.625. The number of anilines is 1. The second kappa shape index (κ2) is 5.63. The molecule has 2 heterocycles.